The molecule has 0 saturated heterocycles. The topological polar surface area (TPSA) is 20.2 Å². The molecule has 0 bridgehead atoms. The van der Waals surface area contributed by atoms with Crippen LogP contribution in [0.3, 0.4) is 0 Å². The zero-order valence-corrected chi connectivity index (χ0v) is 14.6. The van der Waals surface area contributed by atoms with Crippen molar-refractivity contribution in [1.29, 1.82) is 0 Å². The summed E-state index contributed by atoms with van der Waals surface area (Å²) in [5.74, 6) is 0.780. The van der Waals surface area contributed by atoms with Gasteiger partial charge in [-0.05, 0) is 65.8 Å². The second-order valence-corrected chi connectivity index (χ2v) is 6.37. The Bertz CT molecular complexity index is 827. The predicted molar refractivity (Wildman–Crippen MR) is 103 cm³/mol. The number of fused-ring (bicyclic) bond motifs is 1. The number of phenols is 1. The maximum Gasteiger partial charge on any atom is 0.116 e. The molecular weight excluding hydrogens is 316 g/mol. The molecule has 2 aromatic carbocycles. The quantitative estimate of drug-likeness (QED) is 0.682. The number of aromatic hydroxyl groups is 1. The van der Waals surface area contributed by atoms with Crippen LogP contribution >= 0.6 is 11.6 Å². The lowest BCUT2D eigenvalue weighted by Crippen LogP contribution is -1.92. The number of hydrogen-bond donors (Lipinski definition) is 1. The third-order valence-corrected chi connectivity index (χ3v) is 4.56. The van der Waals surface area contributed by atoms with Crippen LogP contribution in [0.4, 0.5) is 0 Å². The summed E-state index contributed by atoms with van der Waals surface area (Å²) in [5, 5.41) is 9.78. The van der Waals surface area contributed by atoms with Crippen molar-refractivity contribution in [2.75, 3.05) is 5.88 Å². The molecule has 3 rings (SSSR count). The highest BCUT2D eigenvalue weighted by Gasteiger charge is 2.17. The highest BCUT2D eigenvalue weighted by atomic mass is 35.5. The van der Waals surface area contributed by atoms with Gasteiger partial charge < -0.3 is 5.11 Å². The van der Waals surface area contributed by atoms with Crippen molar-refractivity contribution in [3.05, 3.63) is 88.5 Å². The van der Waals surface area contributed by atoms with E-state index in [-0.39, 0.29) is 5.75 Å². The van der Waals surface area contributed by atoms with Gasteiger partial charge in [-0.3, -0.25) is 0 Å². The van der Waals surface area contributed by atoms with Crippen LogP contribution in [-0.2, 0) is 6.42 Å². The Morgan fingerprint density at radius 2 is 1.92 bits per heavy atom. The van der Waals surface area contributed by atoms with Crippen molar-refractivity contribution in [1.82, 2.24) is 0 Å². The second-order valence-electron chi connectivity index (χ2n) is 6.06. The number of allylic oxidation sites excluding steroid dienone is 5. The molecule has 0 saturated carbocycles. The molecule has 1 N–H and O–H groups in total. The highest BCUT2D eigenvalue weighted by Crippen LogP contribution is 2.36. The van der Waals surface area contributed by atoms with Crippen LogP contribution in [0.1, 0.15) is 30.0 Å². The number of benzene rings is 2. The molecule has 2 heteroatoms. The van der Waals surface area contributed by atoms with E-state index in [1.807, 2.05) is 18.2 Å². The largest absolute Gasteiger partial charge is 0.508 e. The molecule has 0 fully saturated rings. The molecule has 0 amide bonds. The molecule has 0 atom stereocenters. The van der Waals surface area contributed by atoms with Gasteiger partial charge in [0.05, 0.1) is 0 Å². The molecule has 1 aliphatic rings. The summed E-state index contributed by atoms with van der Waals surface area (Å²) in [6.07, 6.45) is 8.35. The van der Waals surface area contributed by atoms with Crippen LogP contribution < -0.4 is 0 Å². The van der Waals surface area contributed by atoms with Gasteiger partial charge in [0.15, 0.2) is 0 Å². The van der Waals surface area contributed by atoms with E-state index in [2.05, 4.69) is 43.3 Å². The number of rotatable bonds is 3. The number of aryl methyl sites for hydroxylation is 1. The average Bonchev–Trinajstić information content (AvgIpc) is 2.71. The zero-order chi connectivity index (χ0) is 16.9. The molecule has 1 aliphatic carbocycles. The summed E-state index contributed by atoms with van der Waals surface area (Å²) in [6.45, 7) is 2.19. The van der Waals surface area contributed by atoms with Crippen molar-refractivity contribution in [2.45, 2.75) is 19.8 Å². The molecule has 0 spiro atoms. The molecule has 122 valence electrons. The monoisotopic (exact) mass is 336 g/mol. The number of halogens is 1. The Balaban J connectivity index is 2.21. The van der Waals surface area contributed by atoms with Gasteiger partial charge in [0, 0.05) is 5.88 Å². The van der Waals surface area contributed by atoms with E-state index in [0.717, 1.165) is 18.4 Å². The minimum Gasteiger partial charge on any atom is -0.508 e. The Morgan fingerprint density at radius 1 is 1.08 bits per heavy atom. The van der Waals surface area contributed by atoms with E-state index in [0.29, 0.717) is 5.88 Å². The van der Waals surface area contributed by atoms with Crippen molar-refractivity contribution >= 4 is 23.3 Å². The standard InChI is InChI=1S/C22H21ClO/c1-16-11-12-18-7-2-3-9-21(18)22(20(16)10-5-13-23)15-17-6-4-8-19(24)14-17/h2-10,14-15,24H,11-13H2,1H3/b10-5-,22-15+. The van der Waals surface area contributed by atoms with Crippen molar-refractivity contribution in [3.63, 3.8) is 0 Å². The van der Waals surface area contributed by atoms with Crippen LogP contribution in [-0.4, -0.2) is 11.0 Å². The normalized spacial score (nSPS) is 16.5. The first-order valence-corrected chi connectivity index (χ1v) is 8.74. The lowest BCUT2D eigenvalue weighted by molar-refractivity contribution is 0.475. The minimum atomic E-state index is 0.282. The Labute approximate surface area is 148 Å². The predicted octanol–water partition coefficient (Wildman–Crippen LogP) is 5.99. The van der Waals surface area contributed by atoms with Gasteiger partial charge in [0.25, 0.3) is 0 Å². The summed E-state index contributed by atoms with van der Waals surface area (Å²) >= 11 is 5.88. The van der Waals surface area contributed by atoms with E-state index in [1.54, 1.807) is 12.1 Å². The molecule has 0 radical (unpaired) electrons. The third kappa shape index (κ3) is 3.63. The molecular formula is C22H21ClO. The average molecular weight is 337 g/mol. The van der Waals surface area contributed by atoms with Gasteiger partial charge in [0.2, 0.25) is 0 Å². The maximum atomic E-state index is 9.78. The summed E-state index contributed by atoms with van der Waals surface area (Å²) in [4.78, 5) is 0. The highest BCUT2D eigenvalue weighted by molar-refractivity contribution is 6.19. The van der Waals surface area contributed by atoms with Gasteiger partial charge in [-0.2, -0.15) is 0 Å². The van der Waals surface area contributed by atoms with Gasteiger partial charge >= 0.3 is 0 Å². The molecule has 0 aromatic heterocycles. The van der Waals surface area contributed by atoms with E-state index in [4.69, 9.17) is 11.6 Å². The van der Waals surface area contributed by atoms with Gasteiger partial charge in [-0.25, -0.2) is 0 Å². The maximum absolute atomic E-state index is 9.78. The van der Waals surface area contributed by atoms with Crippen LogP contribution in [0.2, 0.25) is 0 Å². The Morgan fingerprint density at radius 3 is 2.71 bits per heavy atom. The lowest BCUT2D eigenvalue weighted by atomic mass is 9.92. The van der Waals surface area contributed by atoms with E-state index >= 15 is 0 Å². The van der Waals surface area contributed by atoms with E-state index < -0.39 is 0 Å². The first-order chi connectivity index (χ1) is 11.7. The molecule has 24 heavy (non-hydrogen) atoms. The number of phenolic OH excluding ortho intramolecular Hbond substituents is 1. The number of hydrogen-bond acceptors (Lipinski definition) is 1. The summed E-state index contributed by atoms with van der Waals surface area (Å²) in [6, 6.07) is 15.9. The van der Waals surface area contributed by atoms with Crippen LogP contribution in [0, 0.1) is 0 Å². The van der Waals surface area contributed by atoms with E-state index in [1.165, 1.54) is 27.8 Å². The second kappa shape index (κ2) is 7.55. The molecule has 0 heterocycles. The van der Waals surface area contributed by atoms with Gasteiger partial charge in [0.1, 0.15) is 5.75 Å². The SMILES string of the molecule is CC1=C(/C=C\CCl)/C(=C\c2cccc(O)c2)c2ccccc2CC1. The fraction of sp³-hybridized carbons (Fsp3) is 0.182. The first kappa shape index (κ1) is 16.6. The molecule has 0 unspecified atom stereocenters. The fourth-order valence-corrected chi connectivity index (χ4v) is 3.25. The van der Waals surface area contributed by atoms with Crippen LogP contribution in [0.5, 0.6) is 5.75 Å². The third-order valence-electron chi connectivity index (χ3n) is 4.38. The molecule has 0 aliphatic heterocycles. The first-order valence-electron chi connectivity index (χ1n) is 8.20. The molecule has 2 aromatic rings. The van der Waals surface area contributed by atoms with Crippen LogP contribution in [0.25, 0.3) is 11.6 Å². The minimum absolute atomic E-state index is 0.282. The van der Waals surface area contributed by atoms with Crippen molar-refractivity contribution in [3.8, 4) is 5.75 Å². The van der Waals surface area contributed by atoms with Gasteiger partial charge in [-0.15, -0.1) is 11.6 Å². The Hall–Kier alpha value is -2.25. The van der Waals surface area contributed by atoms with Crippen molar-refractivity contribution in [2.24, 2.45) is 0 Å². The lowest BCUT2D eigenvalue weighted by Gasteiger charge is -2.13. The summed E-state index contributed by atoms with van der Waals surface area (Å²) in [5.41, 5.74) is 7.38. The number of alkyl halides is 1. The smallest absolute Gasteiger partial charge is 0.116 e. The van der Waals surface area contributed by atoms with Crippen LogP contribution in [0.15, 0.2) is 71.8 Å². The summed E-state index contributed by atoms with van der Waals surface area (Å²) < 4.78 is 0. The molecule has 1 nitrogen and oxygen atoms in total. The summed E-state index contributed by atoms with van der Waals surface area (Å²) in [7, 11) is 0. The zero-order valence-electron chi connectivity index (χ0n) is 13.8. The van der Waals surface area contributed by atoms with Gasteiger partial charge in [-0.1, -0.05) is 54.1 Å². The van der Waals surface area contributed by atoms with Crippen molar-refractivity contribution < 1.29 is 5.11 Å². The fourth-order valence-electron chi connectivity index (χ4n) is 3.16. The Kier molecular flexibility index (Phi) is 5.22. The van der Waals surface area contributed by atoms with E-state index in [9.17, 15) is 5.11 Å².